The number of amides is 1. The molecule has 0 bridgehead atoms. The Hall–Kier alpha value is -2.34. The third-order valence-electron chi connectivity index (χ3n) is 3.37. The van der Waals surface area contributed by atoms with E-state index in [0.29, 0.717) is 16.4 Å². The number of aliphatic carboxylic acids is 1. The van der Waals surface area contributed by atoms with Crippen molar-refractivity contribution in [3.8, 4) is 5.75 Å². The monoisotopic (exact) mass is 398 g/mol. The number of carbonyl (C=O) groups excluding carboxylic acids is 1. The molecular formula is C14H17F3N2O6S. The highest BCUT2D eigenvalue weighted by molar-refractivity contribution is 7.89. The van der Waals surface area contributed by atoms with Gasteiger partial charge >= 0.3 is 12.1 Å². The molecule has 0 aliphatic heterocycles. The zero-order valence-corrected chi connectivity index (χ0v) is 14.6. The summed E-state index contributed by atoms with van der Waals surface area (Å²) in [4.78, 5) is 21.0. The largest absolute Gasteiger partial charge is 0.507 e. The molecule has 0 saturated heterocycles. The molecule has 1 aromatic rings. The Kier molecular flexibility index (Phi) is 6.60. The minimum absolute atomic E-state index is 0.227. The van der Waals surface area contributed by atoms with Gasteiger partial charge in [-0.3, -0.25) is 9.59 Å². The van der Waals surface area contributed by atoms with Gasteiger partial charge < -0.3 is 15.5 Å². The van der Waals surface area contributed by atoms with Crippen molar-refractivity contribution >= 4 is 21.9 Å². The Bertz CT molecular complexity index is 794. The van der Waals surface area contributed by atoms with E-state index in [1.165, 1.54) is 0 Å². The molecule has 0 saturated carbocycles. The van der Waals surface area contributed by atoms with Gasteiger partial charge in [-0.1, -0.05) is 0 Å². The molecule has 1 rings (SSSR count). The molecule has 1 aromatic carbocycles. The van der Waals surface area contributed by atoms with Crippen molar-refractivity contribution in [2.75, 3.05) is 13.1 Å². The fourth-order valence-corrected chi connectivity index (χ4v) is 3.71. The van der Waals surface area contributed by atoms with E-state index >= 15 is 0 Å². The lowest BCUT2D eigenvalue weighted by atomic mass is 10.2. The predicted molar refractivity (Wildman–Crippen MR) is 82.8 cm³/mol. The minimum Gasteiger partial charge on any atom is -0.507 e. The number of nitrogens with zero attached hydrogens (tertiary/aromatic N) is 1. The van der Waals surface area contributed by atoms with Gasteiger partial charge in [0.2, 0.25) is 15.9 Å². The van der Waals surface area contributed by atoms with E-state index in [1.807, 2.05) is 0 Å². The molecule has 146 valence electrons. The SMILES string of the molecule is CC(=O)NCCN(C(C)C(=O)O)S(=O)(=O)c1cc(C(F)(F)F)ccc1O. The summed E-state index contributed by atoms with van der Waals surface area (Å²) in [6.45, 7) is 1.37. The number of sulfonamides is 1. The second-order valence-corrected chi connectivity index (χ2v) is 7.15. The first-order valence-corrected chi connectivity index (χ1v) is 8.61. The molecule has 1 atom stereocenters. The van der Waals surface area contributed by atoms with Gasteiger partial charge in [-0.2, -0.15) is 17.5 Å². The number of hydrogen-bond acceptors (Lipinski definition) is 5. The number of phenols is 1. The van der Waals surface area contributed by atoms with Crippen LogP contribution in [0.25, 0.3) is 0 Å². The smallest absolute Gasteiger partial charge is 0.416 e. The summed E-state index contributed by atoms with van der Waals surface area (Å²) in [5.41, 5.74) is -1.32. The zero-order valence-electron chi connectivity index (χ0n) is 13.7. The maximum Gasteiger partial charge on any atom is 0.416 e. The second kappa shape index (κ2) is 7.91. The van der Waals surface area contributed by atoms with Gasteiger partial charge in [-0.25, -0.2) is 8.42 Å². The third kappa shape index (κ3) is 5.08. The highest BCUT2D eigenvalue weighted by Crippen LogP contribution is 2.35. The zero-order chi connectivity index (χ0) is 20.3. The Morgan fingerprint density at radius 3 is 2.35 bits per heavy atom. The van der Waals surface area contributed by atoms with Crippen molar-refractivity contribution in [1.29, 1.82) is 0 Å². The Labute approximate surface area is 147 Å². The summed E-state index contributed by atoms with van der Waals surface area (Å²) >= 11 is 0. The van der Waals surface area contributed by atoms with E-state index < -0.39 is 56.9 Å². The van der Waals surface area contributed by atoms with Crippen LogP contribution in [0.4, 0.5) is 13.2 Å². The minimum atomic E-state index is -4.86. The number of aromatic hydroxyl groups is 1. The summed E-state index contributed by atoms with van der Waals surface area (Å²) in [5.74, 6) is -3.02. The van der Waals surface area contributed by atoms with E-state index in [1.54, 1.807) is 0 Å². The van der Waals surface area contributed by atoms with Crippen LogP contribution >= 0.6 is 0 Å². The Morgan fingerprint density at radius 2 is 1.88 bits per heavy atom. The van der Waals surface area contributed by atoms with Crippen molar-refractivity contribution in [2.45, 2.75) is 31.0 Å². The maximum absolute atomic E-state index is 12.8. The van der Waals surface area contributed by atoms with Gasteiger partial charge in [0.05, 0.1) is 5.56 Å². The third-order valence-corrected chi connectivity index (χ3v) is 5.37. The van der Waals surface area contributed by atoms with Gasteiger partial charge in [0.15, 0.2) is 0 Å². The highest BCUT2D eigenvalue weighted by atomic mass is 32.2. The highest BCUT2D eigenvalue weighted by Gasteiger charge is 2.37. The number of phenolic OH excluding ortho intramolecular Hbond substituents is 1. The second-order valence-electron chi connectivity index (χ2n) is 5.29. The Balaban J connectivity index is 3.39. The molecule has 1 unspecified atom stereocenters. The molecule has 3 N–H and O–H groups in total. The quantitative estimate of drug-likeness (QED) is 0.630. The van der Waals surface area contributed by atoms with Crippen molar-refractivity contribution in [2.24, 2.45) is 0 Å². The molecular weight excluding hydrogens is 381 g/mol. The van der Waals surface area contributed by atoms with Crippen molar-refractivity contribution in [3.05, 3.63) is 23.8 Å². The fraction of sp³-hybridized carbons (Fsp3) is 0.429. The first-order valence-electron chi connectivity index (χ1n) is 7.17. The molecule has 0 aliphatic rings. The lowest BCUT2D eigenvalue weighted by Gasteiger charge is -2.26. The lowest BCUT2D eigenvalue weighted by Crippen LogP contribution is -2.46. The molecule has 12 heteroatoms. The number of carbonyl (C=O) groups is 2. The number of carboxylic acid groups (broad SMARTS) is 1. The van der Waals surface area contributed by atoms with Gasteiger partial charge in [-0.05, 0) is 25.1 Å². The first kappa shape index (κ1) is 21.7. The topological polar surface area (TPSA) is 124 Å². The van der Waals surface area contributed by atoms with Gasteiger partial charge in [0, 0.05) is 20.0 Å². The van der Waals surface area contributed by atoms with Gasteiger partial charge in [-0.15, -0.1) is 0 Å². The number of alkyl halides is 3. The average molecular weight is 398 g/mol. The van der Waals surface area contributed by atoms with Crippen molar-refractivity contribution in [1.82, 2.24) is 9.62 Å². The molecule has 0 radical (unpaired) electrons. The standard InChI is InChI=1S/C14H17F3N2O6S/c1-8(13(22)23)19(6-5-18-9(2)20)26(24,25)12-7-10(14(15,16)17)3-4-11(12)21/h3-4,7-8,21H,5-6H2,1-2H3,(H,18,20)(H,22,23). The van der Waals surface area contributed by atoms with Crippen LogP contribution in [0.15, 0.2) is 23.1 Å². The van der Waals surface area contributed by atoms with E-state index in [0.717, 1.165) is 13.8 Å². The number of carboxylic acids is 1. The first-order chi connectivity index (χ1) is 11.8. The van der Waals surface area contributed by atoms with Crippen LogP contribution in [0.3, 0.4) is 0 Å². The molecule has 0 spiro atoms. The normalized spacial score (nSPS) is 13.5. The van der Waals surface area contributed by atoms with Gasteiger partial charge in [0.1, 0.15) is 16.7 Å². The fourth-order valence-electron chi connectivity index (χ4n) is 2.01. The lowest BCUT2D eigenvalue weighted by molar-refractivity contribution is -0.141. The average Bonchev–Trinajstić information content (AvgIpc) is 2.49. The summed E-state index contributed by atoms with van der Waals surface area (Å²) in [6, 6.07) is -0.364. The van der Waals surface area contributed by atoms with Crippen LogP contribution < -0.4 is 5.32 Å². The molecule has 0 heterocycles. The number of nitrogens with one attached hydrogen (secondary N) is 1. The van der Waals surface area contributed by atoms with Crippen LogP contribution in [0.1, 0.15) is 19.4 Å². The van der Waals surface area contributed by atoms with Crippen LogP contribution in [0, 0.1) is 0 Å². The van der Waals surface area contributed by atoms with Crippen LogP contribution in [-0.4, -0.2) is 53.9 Å². The Morgan fingerprint density at radius 1 is 1.31 bits per heavy atom. The van der Waals surface area contributed by atoms with Crippen molar-refractivity contribution < 1.29 is 41.4 Å². The van der Waals surface area contributed by atoms with E-state index in [9.17, 15) is 36.3 Å². The van der Waals surface area contributed by atoms with Crippen molar-refractivity contribution in [3.63, 3.8) is 0 Å². The molecule has 1 amide bonds. The summed E-state index contributed by atoms with van der Waals surface area (Å²) < 4.78 is 64.2. The van der Waals surface area contributed by atoms with Crippen LogP contribution in [0.2, 0.25) is 0 Å². The number of halogens is 3. The molecule has 0 fully saturated rings. The molecule has 0 aromatic heterocycles. The molecule has 8 nitrogen and oxygen atoms in total. The summed E-state index contributed by atoms with van der Waals surface area (Å²) in [7, 11) is -4.81. The number of hydrogen-bond donors (Lipinski definition) is 3. The van der Waals surface area contributed by atoms with Gasteiger partial charge in [0.25, 0.3) is 0 Å². The molecule has 26 heavy (non-hydrogen) atoms. The summed E-state index contributed by atoms with van der Waals surface area (Å²) in [5, 5.41) is 21.1. The van der Waals surface area contributed by atoms with Crippen LogP contribution in [-0.2, 0) is 25.8 Å². The van der Waals surface area contributed by atoms with E-state index in [2.05, 4.69) is 5.32 Å². The van der Waals surface area contributed by atoms with E-state index in [4.69, 9.17) is 5.11 Å². The maximum atomic E-state index is 12.8. The van der Waals surface area contributed by atoms with E-state index in [-0.39, 0.29) is 12.6 Å². The molecule has 0 aliphatic carbocycles. The number of benzene rings is 1. The number of rotatable bonds is 7. The van der Waals surface area contributed by atoms with Crippen LogP contribution in [0.5, 0.6) is 5.75 Å². The summed E-state index contributed by atoms with van der Waals surface area (Å²) in [6.07, 6.45) is -4.86. The predicted octanol–water partition coefficient (Wildman–Crippen LogP) is 1.01.